The van der Waals surface area contributed by atoms with E-state index in [9.17, 15) is 14.4 Å². The van der Waals surface area contributed by atoms with Crippen LogP contribution in [-0.4, -0.2) is 68.6 Å². The molecule has 2 heterocycles. The van der Waals surface area contributed by atoms with Crippen molar-refractivity contribution < 1.29 is 23.9 Å². The lowest BCUT2D eigenvalue weighted by Crippen LogP contribution is -2.55. The van der Waals surface area contributed by atoms with Crippen LogP contribution >= 0.6 is 11.6 Å². The highest BCUT2D eigenvalue weighted by atomic mass is 35.5. The van der Waals surface area contributed by atoms with Gasteiger partial charge in [0, 0.05) is 36.0 Å². The average Bonchev–Trinajstić information content (AvgIpc) is 3.06. The van der Waals surface area contributed by atoms with Crippen molar-refractivity contribution in [1.29, 1.82) is 0 Å². The zero-order chi connectivity index (χ0) is 33.2. The number of fused-ring (bicyclic) bond motifs is 1. The van der Waals surface area contributed by atoms with Crippen LogP contribution in [0.4, 0.5) is 11.4 Å². The fraction of sp³-hybridized carbons (Fsp3) is 0.432. The zero-order valence-corrected chi connectivity index (χ0v) is 28.3. The molecule has 0 bridgehead atoms. The Morgan fingerprint density at radius 2 is 1.64 bits per heavy atom. The first-order chi connectivity index (χ1) is 22.6. The summed E-state index contributed by atoms with van der Waals surface area (Å²) in [4.78, 5) is 44.0. The minimum atomic E-state index is -0.374. The summed E-state index contributed by atoms with van der Waals surface area (Å²) in [5.74, 6) is 1.70. The first kappa shape index (κ1) is 32.7. The Hall–Kier alpha value is -4.24. The van der Waals surface area contributed by atoms with Gasteiger partial charge in [-0.05, 0) is 111 Å². The Morgan fingerprint density at radius 3 is 2.30 bits per heavy atom. The van der Waals surface area contributed by atoms with Crippen molar-refractivity contribution in [1.82, 2.24) is 10.2 Å². The minimum Gasteiger partial charge on any atom is -0.493 e. The van der Waals surface area contributed by atoms with Crippen molar-refractivity contribution in [3.05, 3.63) is 82.4 Å². The van der Waals surface area contributed by atoms with E-state index in [1.807, 2.05) is 67.3 Å². The molecule has 1 N–H and O–H groups in total. The third kappa shape index (κ3) is 7.05. The summed E-state index contributed by atoms with van der Waals surface area (Å²) in [6.07, 6.45) is 4.05. The van der Waals surface area contributed by atoms with Gasteiger partial charge in [0.1, 0.15) is 0 Å². The summed E-state index contributed by atoms with van der Waals surface area (Å²) < 4.78 is 11.8. The summed E-state index contributed by atoms with van der Waals surface area (Å²) >= 11 is 6.27. The van der Waals surface area contributed by atoms with Crippen molar-refractivity contribution in [2.75, 3.05) is 43.6 Å². The van der Waals surface area contributed by atoms with E-state index < -0.39 is 0 Å². The summed E-state index contributed by atoms with van der Waals surface area (Å²) in [5.41, 5.74) is 4.75. The average molecular weight is 659 g/mol. The smallest absolute Gasteiger partial charge is 0.242 e. The van der Waals surface area contributed by atoms with Gasteiger partial charge >= 0.3 is 0 Å². The molecule has 6 rings (SSSR count). The van der Waals surface area contributed by atoms with E-state index in [0.717, 1.165) is 60.3 Å². The highest BCUT2D eigenvalue weighted by Crippen LogP contribution is 2.44. The van der Waals surface area contributed by atoms with E-state index in [0.29, 0.717) is 22.4 Å². The molecule has 3 aliphatic rings. The van der Waals surface area contributed by atoms with E-state index >= 15 is 0 Å². The van der Waals surface area contributed by atoms with Crippen LogP contribution in [-0.2, 0) is 20.8 Å². The van der Waals surface area contributed by atoms with E-state index in [-0.39, 0.29) is 55.4 Å². The standard InChI is InChI=1S/C37H43ClN4O5/c1-23(2)47-33-19-31-26(17-32(33)46-4)18-35(44)42(37(31)25-7-9-27(38)10-8-25)30-15-13-28(14-16-30)40(3)21-24-5-11-29(12-6-24)41-22-34(43)39-20-36(41)45/h7-10,13-17,19,23-24,29,37H,5-6,11-12,18,20-22H2,1-4H3,(H,39,43)/t24?,29?,37-/m0/s1. The first-order valence-electron chi connectivity index (χ1n) is 16.4. The Labute approximate surface area is 281 Å². The molecule has 0 radical (unpaired) electrons. The maximum Gasteiger partial charge on any atom is 0.242 e. The molecule has 0 unspecified atom stereocenters. The lowest BCUT2D eigenvalue weighted by Gasteiger charge is -2.39. The molecule has 1 saturated carbocycles. The number of anilines is 2. The molecule has 3 aromatic carbocycles. The summed E-state index contributed by atoms with van der Waals surface area (Å²) in [5, 5.41) is 3.27. The van der Waals surface area contributed by atoms with Gasteiger partial charge in [-0.25, -0.2) is 0 Å². The van der Waals surface area contributed by atoms with Gasteiger partial charge in [-0.15, -0.1) is 0 Å². The normalized spacial score (nSPS) is 21.4. The maximum absolute atomic E-state index is 13.9. The number of carbonyl (C=O) groups is 3. The molecule has 2 aliphatic heterocycles. The largest absolute Gasteiger partial charge is 0.493 e. The van der Waals surface area contributed by atoms with Crippen molar-refractivity contribution in [2.45, 2.75) is 64.1 Å². The van der Waals surface area contributed by atoms with Gasteiger partial charge < -0.3 is 29.5 Å². The lowest BCUT2D eigenvalue weighted by atomic mass is 9.84. The van der Waals surface area contributed by atoms with Gasteiger partial charge in [-0.2, -0.15) is 0 Å². The summed E-state index contributed by atoms with van der Waals surface area (Å²) in [6.45, 7) is 5.13. The Morgan fingerprint density at radius 1 is 0.936 bits per heavy atom. The Bertz CT molecular complexity index is 1620. The van der Waals surface area contributed by atoms with Crippen molar-refractivity contribution in [3.63, 3.8) is 0 Å². The van der Waals surface area contributed by atoms with Crippen LogP contribution in [0.2, 0.25) is 5.02 Å². The maximum atomic E-state index is 13.9. The third-order valence-corrected chi connectivity index (χ3v) is 9.82. The van der Waals surface area contributed by atoms with E-state index in [1.54, 1.807) is 12.0 Å². The molecule has 10 heteroatoms. The molecule has 3 amide bonds. The molecule has 1 aliphatic carbocycles. The molecular formula is C37H43ClN4O5. The van der Waals surface area contributed by atoms with Gasteiger partial charge in [0.05, 0.1) is 38.8 Å². The van der Waals surface area contributed by atoms with Crippen LogP contribution in [0.5, 0.6) is 11.5 Å². The third-order valence-electron chi connectivity index (χ3n) is 9.57. The van der Waals surface area contributed by atoms with E-state index in [2.05, 4.69) is 29.4 Å². The number of piperazine rings is 1. The number of amides is 3. The number of methoxy groups -OCH3 is 1. The number of hydrogen-bond acceptors (Lipinski definition) is 6. The summed E-state index contributed by atoms with van der Waals surface area (Å²) in [6, 6.07) is 19.6. The molecule has 1 atom stereocenters. The Kier molecular flexibility index (Phi) is 9.64. The number of hydrogen-bond donors (Lipinski definition) is 1. The molecule has 2 fully saturated rings. The second-order valence-electron chi connectivity index (χ2n) is 13.1. The Balaban J connectivity index is 1.21. The molecule has 1 saturated heterocycles. The molecule has 0 aromatic heterocycles. The molecule has 9 nitrogen and oxygen atoms in total. The predicted octanol–water partition coefficient (Wildman–Crippen LogP) is 5.77. The monoisotopic (exact) mass is 658 g/mol. The van der Waals surface area contributed by atoms with Crippen LogP contribution in [0.15, 0.2) is 60.7 Å². The minimum absolute atomic E-state index is 0.000404. The molecule has 3 aromatic rings. The van der Waals surface area contributed by atoms with Crippen molar-refractivity contribution in [2.24, 2.45) is 5.92 Å². The van der Waals surface area contributed by atoms with Crippen LogP contribution in [0.25, 0.3) is 0 Å². The van der Waals surface area contributed by atoms with Gasteiger partial charge in [-0.1, -0.05) is 23.7 Å². The topological polar surface area (TPSA) is 91.4 Å². The lowest BCUT2D eigenvalue weighted by molar-refractivity contribution is -0.143. The number of ether oxygens (including phenoxy) is 2. The van der Waals surface area contributed by atoms with E-state index in [4.69, 9.17) is 21.1 Å². The zero-order valence-electron chi connectivity index (χ0n) is 27.5. The highest BCUT2D eigenvalue weighted by Gasteiger charge is 2.37. The number of benzene rings is 3. The summed E-state index contributed by atoms with van der Waals surface area (Å²) in [7, 11) is 3.72. The molecular weight excluding hydrogens is 616 g/mol. The van der Waals surface area contributed by atoms with Crippen LogP contribution in [0, 0.1) is 5.92 Å². The quantitative estimate of drug-likeness (QED) is 0.314. The number of halogens is 1. The number of nitrogens with zero attached hydrogens (tertiary/aromatic N) is 3. The fourth-order valence-corrected chi connectivity index (χ4v) is 7.36. The van der Waals surface area contributed by atoms with Gasteiger partial charge in [0.25, 0.3) is 0 Å². The highest BCUT2D eigenvalue weighted by molar-refractivity contribution is 6.30. The van der Waals surface area contributed by atoms with Crippen molar-refractivity contribution >= 4 is 40.7 Å². The van der Waals surface area contributed by atoms with Crippen LogP contribution in [0.3, 0.4) is 0 Å². The second-order valence-corrected chi connectivity index (χ2v) is 13.6. The van der Waals surface area contributed by atoms with Crippen LogP contribution in [0.1, 0.15) is 62.3 Å². The molecule has 248 valence electrons. The first-order valence-corrected chi connectivity index (χ1v) is 16.8. The molecule has 47 heavy (non-hydrogen) atoms. The fourth-order valence-electron chi connectivity index (χ4n) is 7.24. The van der Waals surface area contributed by atoms with Crippen molar-refractivity contribution in [3.8, 4) is 11.5 Å². The molecule has 0 spiro atoms. The SMILES string of the molecule is COc1cc2c(cc1OC(C)C)[C@H](c1ccc(Cl)cc1)N(c1ccc(N(C)CC3CCC(N4CC(=O)NCC4=O)CC3)cc1)C(=O)C2. The second kappa shape index (κ2) is 13.9. The van der Waals surface area contributed by atoms with E-state index in [1.165, 1.54) is 0 Å². The predicted molar refractivity (Wildman–Crippen MR) is 183 cm³/mol. The van der Waals surface area contributed by atoms with Gasteiger partial charge in [0.2, 0.25) is 17.7 Å². The van der Waals surface area contributed by atoms with Crippen LogP contribution < -0.4 is 24.6 Å². The number of rotatable bonds is 9. The number of nitrogens with one attached hydrogen (secondary N) is 1. The van der Waals surface area contributed by atoms with Gasteiger partial charge in [-0.3, -0.25) is 14.4 Å². The number of carbonyl (C=O) groups excluding carboxylic acids is 3. The van der Waals surface area contributed by atoms with Gasteiger partial charge in [0.15, 0.2) is 11.5 Å².